The fourth-order valence-corrected chi connectivity index (χ4v) is 4.26. The van der Waals surface area contributed by atoms with Gasteiger partial charge in [0.2, 0.25) is 5.91 Å². The lowest BCUT2D eigenvalue weighted by molar-refractivity contribution is -0.132. The highest BCUT2D eigenvalue weighted by molar-refractivity contribution is 5.76. The maximum absolute atomic E-state index is 13.2. The summed E-state index contributed by atoms with van der Waals surface area (Å²) in [6.45, 7) is 8.71. The monoisotopic (exact) mass is 361 g/mol. The van der Waals surface area contributed by atoms with E-state index in [4.69, 9.17) is 0 Å². The number of nitrogens with zero attached hydrogens (tertiary/aromatic N) is 3. The summed E-state index contributed by atoms with van der Waals surface area (Å²) in [5.74, 6) is 0.666. The van der Waals surface area contributed by atoms with Gasteiger partial charge in [-0.15, -0.1) is 0 Å². The van der Waals surface area contributed by atoms with E-state index in [1.165, 1.54) is 12.1 Å². The molecular formula is C21H32FN3O. The van der Waals surface area contributed by atoms with Crippen LogP contribution in [-0.4, -0.2) is 73.0 Å². The van der Waals surface area contributed by atoms with Crippen molar-refractivity contribution < 1.29 is 9.18 Å². The van der Waals surface area contributed by atoms with Gasteiger partial charge in [-0.1, -0.05) is 12.1 Å². The van der Waals surface area contributed by atoms with Crippen molar-refractivity contribution in [2.75, 3.05) is 46.3 Å². The van der Waals surface area contributed by atoms with Crippen molar-refractivity contribution in [2.45, 2.75) is 38.6 Å². The van der Waals surface area contributed by atoms with E-state index in [0.29, 0.717) is 24.8 Å². The molecular weight excluding hydrogens is 329 g/mol. The predicted molar refractivity (Wildman–Crippen MR) is 103 cm³/mol. The van der Waals surface area contributed by atoms with Crippen LogP contribution in [0.15, 0.2) is 24.3 Å². The SMILES string of the molecule is C[C@H](C1CCN(C(=O)CCc2cccc(F)c2)CC1)N1CCN(C)CC1. The molecule has 2 fully saturated rings. The van der Waals surface area contributed by atoms with Crippen LogP contribution in [0.2, 0.25) is 0 Å². The zero-order valence-corrected chi connectivity index (χ0v) is 16.2. The average molecular weight is 362 g/mol. The minimum atomic E-state index is -0.228. The second-order valence-electron chi connectivity index (χ2n) is 7.93. The molecule has 1 atom stereocenters. The predicted octanol–water partition coefficient (Wildman–Crippen LogP) is 2.63. The van der Waals surface area contributed by atoms with Crippen molar-refractivity contribution in [1.29, 1.82) is 0 Å². The minimum Gasteiger partial charge on any atom is -0.343 e. The summed E-state index contributed by atoms with van der Waals surface area (Å²) in [5, 5.41) is 0. The van der Waals surface area contributed by atoms with Crippen LogP contribution in [0.4, 0.5) is 4.39 Å². The summed E-state index contributed by atoms with van der Waals surface area (Å²) >= 11 is 0. The molecule has 2 aliphatic rings. The molecule has 0 aromatic heterocycles. The van der Waals surface area contributed by atoms with Crippen molar-refractivity contribution in [1.82, 2.24) is 14.7 Å². The third-order valence-electron chi connectivity index (χ3n) is 6.20. The first-order valence-corrected chi connectivity index (χ1v) is 9.98. The van der Waals surface area contributed by atoms with Gasteiger partial charge >= 0.3 is 0 Å². The molecule has 0 bridgehead atoms. The molecule has 2 heterocycles. The molecule has 0 aliphatic carbocycles. The molecule has 1 amide bonds. The first kappa shape index (κ1) is 19.3. The van der Waals surface area contributed by atoms with Crippen molar-refractivity contribution in [3.05, 3.63) is 35.6 Å². The standard InChI is InChI=1S/C21H32FN3O/c1-17(24-14-12-23(2)13-15-24)19-8-10-25(11-9-19)21(26)7-6-18-4-3-5-20(22)16-18/h3-5,16-17,19H,6-15H2,1-2H3/t17-/m1/s1. The van der Waals surface area contributed by atoms with E-state index in [9.17, 15) is 9.18 Å². The molecule has 2 aliphatic heterocycles. The molecule has 3 rings (SSSR count). The Morgan fingerprint density at radius 3 is 2.50 bits per heavy atom. The van der Waals surface area contributed by atoms with Gasteiger partial charge in [0.1, 0.15) is 5.82 Å². The van der Waals surface area contributed by atoms with Crippen LogP contribution < -0.4 is 0 Å². The zero-order valence-electron chi connectivity index (χ0n) is 16.2. The number of halogens is 1. The third kappa shape index (κ3) is 5.04. The summed E-state index contributed by atoms with van der Waals surface area (Å²) in [5.41, 5.74) is 0.900. The van der Waals surface area contributed by atoms with Crippen molar-refractivity contribution >= 4 is 5.91 Å². The van der Waals surface area contributed by atoms with Gasteiger partial charge in [0.05, 0.1) is 0 Å². The van der Waals surface area contributed by atoms with Crippen molar-refractivity contribution in [2.24, 2.45) is 5.92 Å². The summed E-state index contributed by atoms with van der Waals surface area (Å²) in [4.78, 5) is 19.5. The molecule has 144 valence electrons. The van der Waals surface area contributed by atoms with Gasteiger partial charge in [0.25, 0.3) is 0 Å². The second kappa shape index (κ2) is 8.96. The van der Waals surface area contributed by atoms with Crippen LogP contribution >= 0.6 is 0 Å². The number of carbonyl (C=O) groups is 1. The number of benzene rings is 1. The lowest BCUT2D eigenvalue weighted by Gasteiger charge is -2.42. The largest absolute Gasteiger partial charge is 0.343 e. The van der Waals surface area contributed by atoms with Crippen molar-refractivity contribution in [3.8, 4) is 0 Å². The highest BCUT2D eigenvalue weighted by Crippen LogP contribution is 2.25. The van der Waals surface area contributed by atoms with Gasteiger partial charge in [-0.25, -0.2) is 4.39 Å². The first-order valence-electron chi connectivity index (χ1n) is 9.98. The van der Waals surface area contributed by atoms with E-state index in [-0.39, 0.29) is 11.7 Å². The van der Waals surface area contributed by atoms with Gasteiger partial charge in [-0.2, -0.15) is 0 Å². The van der Waals surface area contributed by atoms with E-state index in [1.807, 2.05) is 11.0 Å². The number of hydrogen-bond donors (Lipinski definition) is 0. The molecule has 1 aromatic carbocycles. The Morgan fingerprint density at radius 1 is 1.15 bits per heavy atom. The van der Waals surface area contributed by atoms with Crippen LogP contribution in [0, 0.1) is 11.7 Å². The highest BCUT2D eigenvalue weighted by atomic mass is 19.1. The van der Waals surface area contributed by atoms with Crippen LogP contribution in [0.3, 0.4) is 0 Å². The van der Waals surface area contributed by atoms with E-state index in [1.54, 1.807) is 6.07 Å². The highest BCUT2D eigenvalue weighted by Gasteiger charge is 2.30. The molecule has 5 heteroatoms. The number of likely N-dealkylation sites (tertiary alicyclic amines) is 1. The molecule has 0 spiro atoms. The smallest absolute Gasteiger partial charge is 0.222 e. The lowest BCUT2D eigenvalue weighted by Crippen LogP contribution is -2.52. The van der Waals surface area contributed by atoms with Crippen molar-refractivity contribution in [3.63, 3.8) is 0 Å². The molecule has 0 saturated carbocycles. The van der Waals surface area contributed by atoms with E-state index in [0.717, 1.165) is 57.7 Å². The van der Waals surface area contributed by atoms with E-state index < -0.39 is 0 Å². The summed E-state index contributed by atoms with van der Waals surface area (Å²) < 4.78 is 13.2. The Bertz CT molecular complexity index is 593. The fourth-order valence-electron chi connectivity index (χ4n) is 4.26. The molecule has 0 N–H and O–H groups in total. The van der Waals surface area contributed by atoms with Gasteiger partial charge in [0.15, 0.2) is 0 Å². The van der Waals surface area contributed by atoms with Crippen LogP contribution in [-0.2, 0) is 11.2 Å². The maximum atomic E-state index is 13.2. The minimum absolute atomic E-state index is 0.208. The third-order valence-corrected chi connectivity index (χ3v) is 6.20. The Hall–Kier alpha value is -1.46. The van der Waals surface area contributed by atoms with E-state index in [2.05, 4.69) is 23.8 Å². The molecule has 1 aromatic rings. The Labute approximate surface area is 157 Å². The average Bonchev–Trinajstić information content (AvgIpc) is 2.66. The number of likely N-dealkylation sites (N-methyl/N-ethyl adjacent to an activating group) is 1. The number of piperidine rings is 1. The van der Waals surface area contributed by atoms with Crippen LogP contribution in [0.5, 0.6) is 0 Å². The van der Waals surface area contributed by atoms with E-state index >= 15 is 0 Å². The Kier molecular flexibility index (Phi) is 6.65. The summed E-state index contributed by atoms with van der Waals surface area (Å²) in [7, 11) is 2.19. The molecule has 4 nitrogen and oxygen atoms in total. The quantitative estimate of drug-likeness (QED) is 0.807. The first-order chi connectivity index (χ1) is 12.5. The zero-order chi connectivity index (χ0) is 18.5. The number of piperazine rings is 1. The molecule has 26 heavy (non-hydrogen) atoms. The number of rotatable bonds is 5. The molecule has 0 unspecified atom stereocenters. The van der Waals surface area contributed by atoms with Crippen LogP contribution in [0.1, 0.15) is 31.7 Å². The maximum Gasteiger partial charge on any atom is 0.222 e. The number of hydrogen-bond acceptors (Lipinski definition) is 3. The Balaban J connectivity index is 1.42. The van der Waals surface area contributed by atoms with Gasteiger partial charge < -0.3 is 9.80 Å². The van der Waals surface area contributed by atoms with Gasteiger partial charge in [0, 0.05) is 51.7 Å². The lowest BCUT2D eigenvalue weighted by atomic mass is 9.89. The topological polar surface area (TPSA) is 26.8 Å². The molecule has 2 saturated heterocycles. The van der Waals surface area contributed by atoms with Crippen LogP contribution in [0.25, 0.3) is 0 Å². The number of aryl methyl sites for hydroxylation is 1. The fraction of sp³-hybridized carbons (Fsp3) is 0.667. The summed E-state index contributed by atoms with van der Waals surface area (Å²) in [6.07, 6.45) is 3.29. The summed E-state index contributed by atoms with van der Waals surface area (Å²) in [6, 6.07) is 7.17. The normalized spacial score (nSPS) is 21.7. The second-order valence-corrected chi connectivity index (χ2v) is 7.93. The van der Waals surface area contributed by atoms with Gasteiger partial charge in [-0.3, -0.25) is 9.69 Å². The number of amides is 1. The Morgan fingerprint density at radius 2 is 1.85 bits per heavy atom. The number of carbonyl (C=O) groups excluding carboxylic acids is 1. The molecule has 0 radical (unpaired) electrons. The van der Waals surface area contributed by atoms with Gasteiger partial charge in [-0.05, 0) is 56.8 Å².